The SMILES string of the molecule is C=C(C)C(=O)OCC(C)(C)COC(=O)C(=C)C.CC(=O)O. The molecule has 0 bridgehead atoms. The molecule has 0 radical (unpaired) electrons. The zero-order valence-electron chi connectivity index (χ0n) is 13.3. The molecule has 0 aliphatic rings. The molecule has 0 rings (SSSR count). The summed E-state index contributed by atoms with van der Waals surface area (Å²) in [7, 11) is 0. The Labute approximate surface area is 125 Å². The number of hydrogen-bond acceptors (Lipinski definition) is 5. The summed E-state index contributed by atoms with van der Waals surface area (Å²) < 4.78 is 10.0. The summed E-state index contributed by atoms with van der Waals surface area (Å²) in [4.78, 5) is 31.4. The molecule has 0 saturated heterocycles. The van der Waals surface area contributed by atoms with Gasteiger partial charge in [0.2, 0.25) is 0 Å². The Morgan fingerprint density at radius 3 is 1.33 bits per heavy atom. The van der Waals surface area contributed by atoms with E-state index in [0.29, 0.717) is 11.1 Å². The first kappa shape index (κ1) is 21.2. The molecule has 0 aliphatic heterocycles. The number of carboxylic acid groups (broad SMARTS) is 1. The lowest BCUT2D eigenvalue weighted by molar-refractivity contribution is -0.147. The van der Waals surface area contributed by atoms with Gasteiger partial charge < -0.3 is 14.6 Å². The highest BCUT2D eigenvalue weighted by molar-refractivity contribution is 5.87. The lowest BCUT2D eigenvalue weighted by Gasteiger charge is -2.23. The molecule has 0 unspecified atom stereocenters. The van der Waals surface area contributed by atoms with Crippen LogP contribution in [0.1, 0.15) is 34.6 Å². The summed E-state index contributed by atoms with van der Waals surface area (Å²) in [5.74, 6) is -1.71. The van der Waals surface area contributed by atoms with Crippen LogP contribution in [0.4, 0.5) is 0 Å². The van der Waals surface area contributed by atoms with Gasteiger partial charge in [-0.2, -0.15) is 0 Å². The van der Waals surface area contributed by atoms with Gasteiger partial charge in [-0.1, -0.05) is 27.0 Å². The highest BCUT2D eigenvalue weighted by Crippen LogP contribution is 2.17. The van der Waals surface area contributed by atoms with Crippen molar-refractivity contribution in [3.8, 4) is 0 Å². The highest BCUT2D eigenvalue weighted by atomic mass is 16.5. The minimum absolute atomic E-state index is 0.169. The van der Waals surface area contributed by atoms with Crippen molar-refractivity contribution in [2.24, 2.45) is 5.41 Å². The Bertz CT molecular complexity index is 384. The molecule has 0 aliphatic carbocycles. The highest BCUT2D eigenvalue weighted by Gasteiger charge is 2.23. The Hall–Kier alpha value is -2.11. The lowest BCUT2D eigenvalue weighted by Crippen LogP contribution is -2.28. The number of ether oxygens (including phenoxy) is 2. The van der Waals surface area contributed by atoms with Gasteiger partial charge in [0.05, 0.1) is 13.2 Å². The second-order valence-electron chi connectivity index (χ2n) is 5.40. The minimum atomic E-state index is -0.833. The quantitative estimate of drug-likeness (QED) is 0.598. The van der Waals surface area contributed by atoms with Gasteiger partial charge in [-0.25, -0.2) is 9.59 Å². The fourth-order valence-corrected chi connectivity index (χ4v) is 0.810. The van der Waals surface area contributed by atoms with Gasteiger partial charge >= 0.3 is 11.9 Å². The second-order valence-corrected chi connectivity index (χ2v) is 5.40. The largest absolute Gasteiger partial charge is 0.481 e. The van der Waals surface area contributed by atoms with Gasteiger partial charge in [0.1, 0.15) is 0 Å². The number of carbonyl (C=O) groups excluding carboxylic acids is 2. The van der Waals surface area contributed by atoms with Crippen LogP contribution in [0.2, 0.25) is 0 Å². The molecule has 0 aromatic rings. The van der Waals surface area contributed by atoms with E-state index in [-0.39, 0.29) is 13.2 Å². The van der Waals surface area contributed by atoms with Gasteiger partial charge in [-0.3, -0.25) is 4.79 Å². The summed E-state index contributed by atoms with van der Waals surface area (Å²) in [6, 6.07) is 0. The molecule has 0 atom stereocenters. The van der Waals surface area contributed by atoms with Crippen LogP contribution in [0.15, 0.2) is 24.3 Å². The van der Waals surface area contributed by atoms with Crippen molar-refractivity contribution in [1.82, 2.24) is 0 Å². The maximum Gasteiger partial charge on any atom is 0.333 e. The van der Waals surface area contributed by atoms with Gasteiger partial charge in [0.15, 0.2) is 0 Å². The van der Waals surface area contributed by atoms with E-state index in [1.54, 1.807) is 13.8 Å². The third kappa shape index (κ3) is 14.1. The number of aliphatic carboxylic acids is 1. The topological polar surface area (TPSA) is 89.9 Å². The van der Waals surface area contributed by atoms with Gasteiger partial charge in [-0.15, -0.1) is 0 Å². The van der Waals surface area contributed by atoms with Gasteiger partial charge in [0, 0.05) is 23.5 Å². The maximum absolute atomic E-state index is 11.2. The van der Waals surface area contributed by atoms with E-state index < -0.39 is 23.3 Å². The molecule has 21 heavy (non-hydrogen) atoms. The normalized spacial score (nSPS) is 9.76. The van der Waals surface area contributed by atoms with Crippen LogP contribution in [-0.4, -0.2) is 36.2 Å². The standard InChI is InChI=1S/C13H20O4.C2H4O2/c1-9(2)11(14)16-7-13(5,6)8-17-12(15)10(3)4;1-2(3)4/h1,3,7-8H2,2,4-6H3;1H3,(H,3,4). The Morgan fingerprint density at radius 2 is 1.14 bits per heavy atom. The van der Waals surface area contributed by atoms with Crippen molar-refractivity contribution in [2.45, 2.75) is 34.6 Å². The first-order valence-corrected chi connectivity index (χ1v) is 6.24. The average Bonchev–Trinajstić information content (AvgIpc) is 2.32. The van der Waals surface area contributed by atoms with Gasteiger partial charge in [-0.05, 0) is 13.8 Å². The van der Waals surface area contributed by atoms with E-state index in [1.807, 2.05) is 13.8 Å². The zero-order valence-corrected chi connectivity index (χ0v) is 13.3. The fraction of sp³-hybridized carbons (Fsp3) is 0.533. The molecule has 0 aromatic carbocycles. The smallest absolute Gasteiger partial charge is 0.333 e. The molecular weight excluding hydrogens is 276 g/mol. The third-order valence-electron chi connectivity index (χ3n) is 1.88. The number of esters is 2. The third-order valence-corrected chi connectivity index (χ3v) is 1.88. The van der Waals surface area contributed by atoms with Crippen molar-refractivity contribution in [1.29, 1.82) is 0 Å². The number of carbonyl (C=O) groups is 3. The molecule has 0 spiro atoms. The monoisotopic (exact) mass is 300 g/mol. The summed E-state index contributed by atoms with van der Waals surface area (Å²) in [6.45, 7) is 15.2. The van der Waals surface area contributed by atoms with Crippen LogP contribution in [0, 0.1) is 5.41 Å². The Balaban J connectivity index is 0. The molecule has 6 nitrogen and oxygen atoms in total. The summed E-state index contributed by atoms with van der Waals surface area (Å²) in [5.41, 5.74) is 0.260. The van der Waals surface area contributed by atoms with Crippen molar-refractivity contribution >= 4 is 17.9 Å². The van der Waals surface area contributed by atoms with Crippen molar-refractivity contribution in [2.75, 3.05) is 13.2 Å². The molecule has 0 heterocycles. The molecule has 0 amide bonds. The maximum atomic E-state index is 11.2. The first-order valence-electron chi connectivity index (χ1n) is 6.24. The Kier molecular flexibility index (Phi) is 9.83. The predicted molar refractivity (Wildman–Crippen MR) is 78.6 cm³/mol. The van der Waals surface area contributed by atoms with Crippen molar-refractivity contribution < 1.29 is 29.0 Å². The minimum Gasteiger partial charge on any atom is -0.481 e. The van der Waals surface area contributed by atoms with E-state index in [9.17, 15) is 9.59 Å². The van der Waals surface area contributed by atoms with Gasteiger partial charge in [0.25, 0.3) is 5.97 Å². The van der Waals surface area contributed by atoms with E-state index in [1.165, 1.54) is 0 Å². The molecule has 1 N–H and O–H groups in total. The van der Waals surface area contributed by atoms with Crippen LogP contribution in [0.25, 0.3) is 0 Å². The zero-order chi connectivity index (χ0) is 17.2. The number of carboxylic acids is 1. The molecule has 0 aromatic heterocycles. The lowest BCUT2D eigenvalue weighted by atomic mass is 9.96. The average molecular weight is 300 g/mol. The van der Waals surface area contributed by atoms with Crippen LogP contribution < -0.4 is 0 Å². The number of rotatable bonds is 6. The van der Waals surface area contributed by atoms with Crippen LogP contribution in [-0.2, 0) is 23.9 Å². The van der Waals surface area contributed by atoms with E-state index in [4.69, 9.17) is 19.4 Å². The van der Waals surface area contributed by atoms with Crippen LogP contribution in [0.5, 0.6) is 0 Å². The van der Waals surface area contributed by atoms with Crippen LogP contribution in [0.3, 0.4) is 0 Å². The van der Waals surface area contributed by atoms with Crippen molar-refractivity contribution in [3.63, 3.8) is 0 Å². The second kappa shape index (κ2) is 9.74. The summed E-state index contributed by atoms with van der Waals surface area (Å²) in [6.07, 6.45) is 0. The van der Waals surface area contributed by atoms with E-state index in [0.717, 1.165) is 6.92 Å². The van der Waals surface area contributed by atoms with Crippen molar-refractivity contribution in [3.05, 3.63) is 24.3 Å². The van der Waals surface area contributed by atoms with E-state index in [2.05, 4.69) is 13.2 Å². The van der Waals surface area contributed by atoms with E-state index >= 15 is 0 Å². The first-order chi connectivity index (χ1) is 9.39. The Morgan fingerprint density at radius 1 is 0.905 bits per heavy atom. The molecule has 0 fully saturated rings. The number of hydrogen-bond donors (Lipinski definition) is 1. The molecule has 120 valence electrons. The molecule has 0 saturated carbocycles. The predicted octanol–water partition coefficient (Wildman–Crippen LogP) is 2.34. The summed E-state index contributed by atoms with van der Waals surface area (Å²) >= 11 is 0. The molecular formula is C15H24O6. The summed E-state index contributed by atoms with van der Waals surface area (Å²) in [5, 5.41) is 7.42. The van der Waals surface area contributed by atoms with Crippen LogP contribution >= 0.6 is 0 Å². The fourth-order valence-electron chi connectivity index (χ4n) is 0.810. The molecule has 6 heteroatoms.